The van der Waals surface area contributed by atoms with Crippen molar-refractivity contribution in [2.24, 2.45) is 0 Å². The highest BCUT2D eigenvalue weighted by molar-refractivity contribution is 6.30. The van der Waals surface area contributed by atoms with E-state index in [1.54, 1.807) is 4.90 Å². The second kappa shape index (κ2) is 7.75. The number of aromatic nitrogens is 3. The van der Waals surface area contributed by atoms with Crippen molar-refractivity contribution >= 4 is 34.4 Å². The Kier molecular flexibility index (Phi) is 5.00. The third-order valence-electron chi connectivity index (χ3n) is 4.61. The summed E-state index contributed by atoms with van der Waals surface area (Å²) in [7, 11) is 0. The molecule has 2 aromatic heterocycles. The summed E-state index contributed by atoms with van der Waals surface area (Å²) >= 11 is 6.00. The van der Waals surface area contributed by atoms with Crippen LogP contribution < -0.4 is 5.32 Å². The zero-order valence-corrected chi connectivity index (χ0v) is 15.8. The predicted octanol–water partition coefficient (Wildman–Crippen LogP) is 3.21. The van der Waals surface area contributed by atoms with E-state index in [-0.39, 0.29) is 11.9 Å². The lowest BCUT2D eigenvalue weighted by Gasteiger charge is -2.15. The molecule has 3 aromatic rings. The van der Waals surface area contributed by atoms with Crippen LogP contribution >= 0.6 is 11.6 Å². The number of carbonyl (C=O) groups is 1. The molecule has 1 aliphatic rings. The number of rotatable bonds is 3. The maximum atomic E-state index is 11.8. The van der Waals surface area contributed by atoms with E-state index in [0.717, 1.165) is 28.9 Å². The number of H-pyrrole nitrogens is 1. The van der Waals surface area contributed by atoms with Crippen LogP contribution in [-0.4, -0.2) is 44.9 Å². The highest BCUT2D eigenvalue weighted by Crippen LogP contribution is 2.23. The molecule has 28 heavy (non-hydrogen) atoms. The van der Waals surface area contributed by atoms with Crippen molar-refractivity contribution in [3.63, 3.8) is 0 Å². The smallest absolute Gasteiger partial charge is 0.246 e. The van der Waals surface area contributed by atoms with Gasteiger partial charge >= 0.3 is 0 Å². The Morgan fingerprint density at radius 3 is 3.07 bits per heavy atom. The van der Waals surface area contributed by atoms with Gasteiger partial charge in [0.2, 0.25) is 5.91 Å². The highest BCUT2D eigenvalue weighted by atomic mass is 35.5. The van der Waals surface area contributed by atoms with Crippen LogP contribution in [0.25, 0.3) is 11.0 Å². The van der Waals surface area contributed by atoms with Gasteiger partial charge in [0.25, 0.3) is 0 Å². The van der Waals surface area contributed by atoms with Gasteiger partial charge in [0.15, 0.2) is 0 Å². The first kappa shape index (κ1) is 18.1. The van der Waals surface area contributed by atoms with Crippen LogP contribution in [0.2, 0.25) is 5.02 Å². The normalized spacial score (nSPS) is 15.9. The third kappa shape index (κ3) is 3.85. The Hall–Kier alpha value is -3.30. The van der Waals surface area contributed by atoms with Crippen LogP contribution in [-0.2, 0) is 4.79 Å². The number of nitrogens with zero attached hydrogens (tertiary/aromatic N) is 3. The van der Waals surface area contributed by atoms with E-state index >= 15 is 0 Å². The minimum absolute atomic E-state index is 0.0441. The number of amides is 1. The molecule has 4 rings (SSSR count). The topological polar surface area (TPSA) is 73.9 Å². The van der Waals surface area contributed by atoms with Gasteiger partial charge in [-0.25, -0.2) is 9.97 Å². The second-order valence-electron chi connectivity index (χ2n) is 6.55. The lowest BCUT2D eigenvalue weighted by atomic mass is 10.2. The zero-order chi connectivity index (χ0) is 19.5. The molecule has 2 N–H and O–H groups in total. The van der Waals surface area contributed by atoms with Gasteiger partial charge in [-0.1, -0.05) is 30.2 Å². The number of benzene rings is 1. The fraction of sp³-hybridized carbons (Fsp3) is 0.190. The summed E-state index contributed by atoms with van der Waals surface area (Å²) in [6, 6.07) is 9.48. The van der Waals surface area contributed by atoms with E-state index in [0.29, 0.717) is 23.8 Å². The second-order valence-corrected chi connectivity index (χ2v) is 6.98. The van der Waals surface area contributed by atoms with Crippen LogP contribution in [0.15, 0.2) is 49.3 Å². The molecule has 1 fully saturated rings. The van der Waals surface area contributed by atoms with Crippen LogP contribution in [0, 0.1) is 11.8 Å². The van der Waals surface area contributed by atoms with Crippen LogP contribution in [0.5, 0.6) is 0 Å². The van der Waals surface area contributed by atoms with E-state index < -0.39 is 0 Å². The summed E-state index contributed by atoms with van der Waals surface area (Å²) in [5.41, 5.74) is 2.30. The van der Waals surface area contributed by atoms with Crippen molar-refractivity contribution < 1.29 is 4.79 Å². The Balaban J connectivity index is 1.55. The van der Waals surface area contributed by atoms with Gasteiger partial charge in [-0.05, 0) is 42.7 Å². The van der Waals surface area contributed by atoms with E-state index in [9.17, 15) is 4.79 Å². The van der Waals surface area contributed by atoms with Gasteiger partial charge in [0, 0.05) is 29.7 Å². The Bertz CT molecular complexity index is 1110. The first-order valence-electron chi connectivity index (χ1n) is 8.91. The molecule has 0 spiro atoms. The van der Waals surface area contributed by atoms with Crippen molar-refractivity contribution in [1.82, 2.24) is 19.9 Å². The monoisotopic (exact) mass is 391 g/mol. The number of likely N-dealkylation sites (tertiary alicyclic amines) is 1. The van der Waals surface area contributed by atoms with E-state index in [4.69, 9.17) is 11.6 Å². The molecule has 0 bridgehead atoms. The first-order chi connectivity index (χ1) is 13.6. The van der Waals surface area contributed by atoms with Crippen molar-refractivity contribution in [2.45, 2.75) is 12.5 Å². The number of nitrogens with one attached hydrogen (secondary N) is 2. The summed E-state index contributed by atoms with van der Waals surface area (Å²) in [4.78, 5) is 25.4. The summed E-state index contributed by atoms with van der Waals surface area (Å²) in [5.74, 6) is 6.88. The molecule has 0 aliphatic carbocycles. The fourth-order valence-corrected chi connectivity index (χ4v) is 3.42. The van der Waals surface area contributed by atoms with Gasteiger partial charge in [0.1, 0.15) is 17.8 Å². The number of fused-ring (bicyclic) bond motifs is 1. The number of hydrogen-bond acceptors (Lipinski definition) is 4. The van der Waals surface area contributed by atoms with E-state index in [1.807, 2.05) is 30.3 Å². The van der Waals surface area contributed by atoms with Crippen molar-refractivity contribution in [3.05, 3.63) is 65.6 Å². The van der Waals surface area contributed by atoms with Gasteiger partial charge in [-0.2, -0.15) is 0 Å². The van der Waals surface area contributed by atoms with Gasteiger partial charge < -0.3 is 15.2 Å². The number of halogens is 1. The summed E-state index contributed by atoms with van der Waals surface area (Å²) < 4.78 is 0. The largest absolute Gasteiger partial charge is 0.365 e. The zero-order valence-electron chi connectivity index (χ0n) is 15.1. The molecule has 1 aromatic carbocycles. The van der Waals surface area contributed by atoms with Gasteiger partial charge in [-0.15, -0.1) is 0 Å². The van der Waals surface area contributed by atoms with Crippen molar-refractivity contribution in [3.8, 4) is 11.8 Å². The fourth-order valence-electron chi connectivity index (χ4n) is 3.23. The van der Waals surface area contributed by atoms with E-state index in [2.05, 4.69) is 38.7 Å². The lowest BCUT2D eigenvalue weighted by Crippen LogP contribution is -2.30. The molecule has 0 radical (unpaired) electrons. The summed E-state index contributed by atoms with van der Waals surface area (Å²) in [6.45, 7) is 4.88. The standard InChI is InChI=1S/C21H18ClN5O/c1-2-19(28)27-9-8-17(12-27)26-21-18-11-16(25-20(18)23-13-24-21)7-6-14-4-3-5-15(22)10-14/h2-5,10-11,13,17H,1,8-9,12H2,(H2,23,24,25,26)/t17-/m1/s1. The molecule has 7 heteroatoms. The minimum Gasteiger partial charge on any atom is -0.365 e. The molecule has 1 saturated heterocycles. The van der Waals surface area contributed by atoms with Crippen molar-refractivity contribution in [2.75, 3.05) is 18.4 Å². The molecule has 0 saturated carbocycles. The molecule has 6 nitrogen and oxygen atoms in total. The first-order valence-corrected chi connectivity index (χ1v) is 9.29. The Morgan fingerprint density at radius 2 is 2.25 bits per heavy atom. The molecule has 1 aliphatic heterocycles. The Labute approximate surface area is 167 Å². The minimum atomic E-state index is -0.0441. The van der Waals surface area contributed by atoms with Crippen LogP contribution in [0.3, 0.4) is 0 Å². The maximum Gasteiger partial charge on any atom is 0.246 e. The summed E-state index contributed by atoms with van der Waals surface area (Å²) in [5, 5.41) is 4.94. The molecule has 140 valence electrons. The molecule has 1 amide bonds. The quantitative estimate of drug-likeness (QED) is 0.531. The SMILES string of the molecule is C=CC(=O)N1CC[C@@H](Nc2ncnc3[nH]c(C#Cc4cccc(Cl)c4)cc23)C1. The number of carbonyl (C=O) groups excluding carboxylic acids is 1. The molecule has 3 heterocycles. The van der Waals surface area contributed by atoms with Crippen LogP contribution in [0.1, 0.15) is 17.7 Å². The lowest BCUT2D eigenvalue weighted by molar-refractivity contribution is -0.125. The molecular weight excluding hydrogens is 374 g/mol. The van der Waals surface area contributed by atoms with E-state index in [1.165, 1.54) is 12.4 Å². The van der Waals surface area contributed by atoms with Gasteiger partial charge in [0.05, 0.1) is 11.1 Å². The van der Waals surface area contributed by atoms with Crippen molar-refractivity contribution in [1.29, 1.82) is 0 Å². The number of aromatic amines is 1. The average Bonchev–Trinajstić information content (AvgIpc) is 3.33. The summed E-state index contributed by atoms with van der Waals surface area (Å²) in [6.07, 6.45) is 3.72. The van der Waals surface area contributed by atoms with Gasteiger partial charge in [-0.3, -0.25) is 4.79 Å². The maximum absolute atomic E-state index is 11.8. The molecular formula is C21H18ClN5O. The predicted molar refractivity (Wildman–Crippen MR) is 110 cm³/mol. The molecule has 1 atom stereocenters. The highest BCUT2D eigenvalue weighted by Gasteiger charge is 2.25. The number of anilines is 1. The molecule has 0 unspecified atom stereocenters. The third-order valence-corrected chi connectivity index (χ3v) is 4.84. The Morgan fingerprint density at radius 1 is 1.36 bits per heavy atom. The average molecular weight is 392 g/mol. The number of hydrogen-bond donors (Lipinski definition) is 2. The van der Waals surface area contributed by atoms with Crippen LogP contribution in [0.4, 0.5) is 5.82 Å².